The summed E-state index contributed by atoms with van der Waals surface area (Å²) in [4.78, 5) is 12.2. The summed E-state index contributed by atoms with van der Waals surface area (Å²) in [5.74, 6) is -0.294. The van der Waals surface area contributed by atoms with Crippen molar-refractivity contribution in [2.75, 3.05) is 0 Å². The van der Waals surface area contributed by atoms with Gasteiger partial charge in [-0.1, -0.05) is 32.0 Å². The molecule has 2 rings (SSSR count). The number of nitrogens with one attached hydrogen (secondary N) is 1. The Morgan fingerprint density at radius 2 is 1.96 bits per heavy atom. The van der Waals surface area contributed by atoms with Crippen molar-refractivity contribution in [2.24, 2.45) is 7.05 Å². The Morgan fingerprint density at radius 3 is 2.52 bits per heavy atom. The van der Waals surface area contributed by atoms with E-state index in [0.717, 1.165) is 11.8 Å². The first kappa shape index (κ1) is 17.1. The van der Waals surface area contributed by atoms with Crippen molar-refractivity contribution in [3.05, 3.63) is 52.8 Å². The van der Waals surface area contributed by atoms with Gasteiger partial charge >= 0.3 is 6.18 Å². The van der Waals surface area contributed by atoms with Gasteiger partial charge in [0.25, 0.3) is 5.91 Å². The molecular formula is C16H18F3N3O. The van der Waals surface area contributed by atoms with E-state index in [4.69, 9.17) is 0 Å². The van der Waals surface area contributed by atoms with E-state index in [0.29, 0.717) is 5.69 Å². The quantitative estimate of drug-likeness (QED) is 0.935. The third kappa shape index (κ3) is 3.91. The molecule has 124 valence electrons. The lowest BCUT2D eigenvalue weighted by Gasteiger charge is -2.13. The van der Waals surface area contributed by atoms with Gasteiger partial charge < -0.3 is 5.32 Å². The fourth-order valence-corrected chi connectivity index (χ4v) is 2.20. The maximum absolute atomic E-state index is 12.9. The molecule has 0 spiro atoms. The Balaban J connectivity index is 2.14. The number of hydrogen-bond donors (Lipinski definition) is 1. The standard InChI is InChI=1S/C16H18F3N3O/c1-10(2)13-8-14(22(3)21-13)15(23)20-9-11-6-4-5-7-12(11)16(17,18)19/h4-8,10H,9H2,1-3H3,(H,20,23). The third-order valence-corrected chi connectivity index (χ3v) is 3.49. The maximum atomic E-state index is 12.9. The fraction of sp³-hybridized carbons (Fsp3) is 0.375. The highest BCUT2D eigenvalue weighted by Crippen LogP contribution is 2.31. The minimum atomic E-state index is -4.45. The topological polar surface area (TPSA) is 46.9 Å². The zero-order valence-corrected chi connectivity index (χ0v) is 13.1. The van der Waals surface area contributed by atoms with Crippen LogP contribution in [0.4, 0.5) is 13.2 Å². The van der Waals surface area contributed by atoms with Crippen LogP contribution in [-0.2, 0) is 19.8 Å². The minimum absolute atomic E-state index is 0.0274. The summed E-state index contributed by atoms with van der Waals surface area (Å²) in [6.45, 7) is 3.70. The van der Waals surface area contributed by atoms with Crippen molar-refractivity contribution in [1.29, 1.82) is 0 Å². The first-order valence-corrected chi connectivity index (χ1v) is 7.17. The van der Waals surface area contributed by atoms with Crippen LogP contribution in [0.5, 0.6) is 0 Å². The monoisotopic (exact) mass is 325 g/mol. The van der Waals surface area contributed by atoms with Gasteiger partial charge in [0, 0.05) is 13.6 Å². The Morgan fingerprint density at radius 1 is 1.30 bits per heavy atom. The zero-order valence-electron chi connectivity index (χ0n) is 13.1. The molecule has 0 saturated heterocycles. The third-order valence-electron chi connectivity index (χ3n) is 3.49. The van der Waals surface area contributed by atoms with E-state index < -0.39 is 17.6 Å². The Kier molecular flexibility index (Phi) is 4.77. The molecular weight excluding hydrogens is 307 g/mol. The summed E-state index contributed by atoms with van der Waals surface area (Å²) in [5.41, 5.74) is 0.360. The van der Waals surface area contributed by atoms with Crippen LogP contribution in [-0.4, -0.2) is 15.7 Å². The van der Waals surface area contributed by atoms with Crippen LogP contribution in [0.3, 0.4) is 0 Å². The van der Waals surface area contributed by atoms with Gasteiger partial charge in [-0.05, 0) is 23.6 Å². The van der Waals surface area contributed by atoms with Crippen LogP contribution in [0.2, 0.25) is 0 Å². The van der Waals surface area contributed by atoms with E-state index in [1.807, 2.05) is 13.8 Å². The van der Waals surface area contributed by atoms with Crippen molar-refractivity contribution >= 4 is 5.91 Å². The van der Waals surface area contributed by atoms with Crippen molar-refractivity contribution in [1.82, 2.24) is 15.1 Å². The second-order valence-corrected chi connectivity index (χ2v) is 5.57. The van der Waals surface area contributed by atoms with Crippen molar-refractivity contribution < 1.29 is 18.0 Å². The zero-order chi connectivity index (χ0) is 17.2. The molecule has 0 atom stereocenters. The summed E-state index contributed by atoms with van der Waals surface area (Å²) in [7, 11) is 1.63. The minimum Gasteiger partial charge on any atom is -0.347 e. The van der Waals surface area contributed by atoms with E-state index in [1.165, 1.54) is 22.9 Å². The number of aromatic nitrogens is 2. The second-order valence-electron chi connectivity index (χ2n) is 5.57. The number of alkyl halides is 3. The summed E-state index contributed by atoms with van der Waals surface area (Å²) in [6.07, 6.45) is -4.45. The number of rotatable bonds is 4. The lowest BCUT2D eigenvalue weighted by atomic mass is 10.1. The van der Waals surface area contributed by atoms with Gasteiger partial charge in [-0.25, -0.2) is 0 Å². The van der Waals surface area contributed by atoms with Gasteiger partial charge in [0.1, 0.15) is 5.69 Å². The van der Waals surface area contributed by atoms with E-state index in [9.17, 15) is 18.0 Å². The Bertz CT molecular complexity index is 705. The van der Waals surface area contributed by atoms with Crippen LogP contribution >= 0.6 is 0 Å². The van der Waals surface area contributed by atoms with E-state index in [-0.39, 0.29) is 18.0 Å². The molecule has 0 unspecified atom stereocenters. The predicted octanol–water partition coefficient (Wildman–Crippen LogP) is 3.49. The highest BCUT2D eigenvalue weighted by Gasteiger charge is 2.32. The fourth-order valence-electron chi connectivity index (χ4n) is 2.20. The molecule has 0 aliphatic heterocycles. The molecule has 0 fully saturated rings. The van der Waals surface area contributed by atoms with Crippen LogP contribution < -0.4 is 5.32 Å². The smallest absolute Gasteiger partial charge is 0.347 e. The number of carbonyl (C=O) groups excluding carboxylic acids is 1. The molecule has 0 saturated carbocycles. The van der Waals surface area contributed by atoms with Gasteiger partial charge in [0.15, 0.2) is 0 Å². The molecule has 0 radical (unpaired) electrons. The number of carbonyl (C=O) groups is 1. The van der Waals surface area contributed by atoms with Gasteiger partial charge in [-0.15, -0.1) is 0 Å². The molecule has 1 heterocycles. The molecule has 7 heteroatoms. The molecule has 1 N–H and O–H groups in total. The highest BCUT2D eigenvalue weighted by molar-refractivity contribution is 5.92. The number of aryl methyl sites for hydroxylation is 1. The SMILES string of the molecule is CC(C)c1cc(C(=O)NCc2ccccc2C(F)(F)F)n(C)n1. The number of benzene rings is 1. The molecule has 1 aromatic heterocycles. The van der Waals surface area contributed by atoms with E-state index in [1.54, 1.807) is 13.1 Å². The first-order valence-electron chi connectivity index (χ1n) is 7.17. The molecule has 4 nitrogen and oxygen atoms in total. The van der Waals surface area contributed by atoms with Gasteiger partial charge in [0.05, 0.1) is 11.3 Å². The molecule has 23 heavy (non-hydrogen) atoms. The molecule has 1 amide bonds. The Hall–Kier alpha value is -2.31. The normalized spacial score (nSPS) is 11.8. The summed E-state index contributed by atoms with van der Waals surface area (Å²) in [6, 6.07) is 6.84. The van der Waals surface area contributed by atoms with Crippen LogP contribution in [0.1, 0.15) is 47.1 Å². The molecule has 2 aromatic rings. The van der Waals surface area contributed by atoms with Crippen LogP contribution in [0, 0.1) is 0 Å². The Labute approximate surface area is 132 Å². The lowest BCUT2D eigenvalue weighted by Crippen LogP contribution is -2.26. The number of nitrogens with zero attached hydrogens (tertiary/aromatic N) is 2. The molecule has 0 aliphatic rings. The predicted molar refractivity (Wildman–Crippen MR) is 79.9 cm³/mol. The number of amides is 1. The van der Waals surface area contributed by atoms with Crippen LogP contribution in [0.25, 0.3) is 0 Å². The van der Waals surface area contributed by atoms with Crippen molar-refractivity contribution in [3.63, 3.8) is 0 Å². The first-order chi connectivity index (χ1) is 10.7. The largest absolute Gasteiger partial charge is 0.416 e. The van der Waals surface area contributed by atoms with Gasteiger partial charge in [-0.2, -0.15) is 18.3 Å². The highest BCUT2D eigenvalue weighted by atomic mass is 19.4. The average Bonchev–Trinajstić information content (AvgIpc) is 2.86. The van der Waals surface area contributed by atoms with E-state index in [2.05, 4.69) is 10.4 Å². The average molecular weight is 325 g/mol. The number of hydrogen-bond acceptors (Lipinski definition) is 2. The maximum Gasteiger partial charge on any atom is 0.416 e. The summed E-state index contributed by atoms with van der Waals surface area (Å²) >= 11 is 0. The summed E-state index contributed by atoms with van der Waals surface area (Å²) in [5, 5.41) is 6.74. The van der Waals surface area contributed by atoms with Gasteiger partial charge in [-0.3, -0.25) is 9.48 Å². The van der Waals surface area contributed by atoms with Crippen molar-refractivity contribution in [2.45, 2.75) is 32.5 Å². The van der Waals surface area contributed by atoms with Gasteiger partial charge in [0.2, 0.25) is 0 Å². The molecule has 0 aliphatic carbocycles. The van der Waals surface area contributed by atoms with Crippen LogP contribution in [0.15, 0.2) is 30.3 Å². The second kappa shape index (κ2) is 6.44. The summed E-state index contributed by atoms with van der Waals surface area (Å²) < 4.78 is 40.2. The molecule has 1 aromatic carbocycles. The molecule has 0 bridgehead atoms. The van der Waals surface area contributed by atoms with E-state index >= 15 is 0 Å². The number of halogens is 3. The van der Waals surface area contributed by atoms with Crippen molar-refractivity contribution in [3.8, 4) is 0 Å². The lowest BCUT2D eigenvalue weighted by molar-refractivity contribution is -0.138.